The third kappa shape index (κ3) is 8.57. The first-order chi connectivity index (χ1) is 19.9. The second-order valence-electron chi connectivity index (χ2n) is 12.4. The summed E-state index contributed by atoms with van der Waals surface area (Å²) in [5, 5.41) is 22.0. The van der Waals surface area contributed by atoms with E-state index in [1.165, 1.54) is 0 Å². The van der Waals surface area contributed by atoms with Gasteiger partial charge in [-0.25, -0.2) is 0 Å². The van der Waals surface area contributed by atoms with Crippen LogP contribution < -0.4 is 0 Å². The monoisotopic (exact) mass is 574 g/mol. The maximum atomic E-state index is 9.98. The van der Waals surface area contributed by atoms with Crippen molar-refractivity contribution in [1.29, 1.82) is 10.5 Å². The third-order valence-corrected chi connectivity index (χ3v) is 8.06. The number of nitrogens with zero attached hydrogens (tertiary/aromatic N) is 2. The Hall–Kier alpha value is -4.85. The molecular weight excluding hydrogens is 541 g/mol. The van der Waals surface area contributed by atoms with Gasteiger partial charge >= 0.3 is 0 Å². The predicted molar refractivity (Wildman–Crippen MR) is 184 cm³/mol. The lowest BCUT2D eigenvalue weighted by atomic mass is 9.96. The lowest BCUT2D eigenvalue weighted by Crippen LogP contribution is -2.16. The van der Waals surface area contributed by atoms with Crippen LogP contribution in [0.15, 0.2) is 84.9 Å². The molecule has 4 rings (SSSR count). The minimum absolute atomic E-state index is 0.580. The van der Waals surface area contributed by atoms with Gasteiger partial charge in [0.15, 0.2) is 0 Å². The van der Waals surface area contributed by atoms with Crippen molar-refractivity contribution in [2.75, 3.05) is 0 Å². The quantitative estimate of drug-likeness (QED) is 0.105. The highest BCUT2D eigenvalue weighted by Gasteiger charge is 2.09. The van der Waals surface area contributed by atoms with Crippen molar-refractivity contribution in [2.24, 2.45) is 0 Å². The molecule has 4 heteroatoms. The van der Waals surface area contributed by atoms with E-state index in [4.69, 9.17) is 0 Å². The molecule has 0 aliphatic heterocycles. The molecule has 0 aliphatic carbocycles. The summed E-state index contributed by atoms with van der Waals surface area (Å²) in [6.07, 6.45) is 3.80. The van der Waals surface area contributed by atoms with E-state index in [0.29, 0.717) is 11.1 Å². The van der Waals surface area contributed by atoms with E-state index >= 15 is 0 Å². The van der Waals surface area contributed by atoms with Crippen LogP contribution in [0.25, 0.3) is 34.1 Å². The lowest BCUT2D eigenvalue weighted by Gasteiger charge is -2.07. The van der Waals surface area contributed by atoms with Crippen LogP contribution in [0.1, 0.15) is 33.4 Å². The molecule has 204 valence electrons. The Kier molecular flexibility index (Phi) is 9.16. The van der Waals surface area contributed by atoms with E-state index in [9.17, 15) is 10.5 Å². The first kappa shape index (κ1) is 30.1. The maximum absolute atomic E-state index is 9.98. The highest BCUT2D eigenvalue weighted by atomic mass is 28.3. The fourth-order valence-electron chi connectivity index (χ4n) is 4.12. The highest BCUT2D eigenvalue weighted by molar-refractivity contribution is 6.84. The molecule has 0 spiro atoms. The summed E-state index contributed by atoms with van der Waals surface area (Å²) in [7, 11) is -2.87. The van der Waals surface area contributed by atoms with Crippen molar-refractivity contribution in [2.45, 2.75) is 39.3 Å². The summed E-state index contributed by atoms with van der Waals surface area (Å²) in [4.78, 5) is 0. The zero-order chi connectivity index (χ0) is 30.3. The molecule has 0 aliphatic rings. The van der Waals surface area contributed by atoms with Crippen molar-refractivity contribution >= 4 is 50.2 Å². The van der Waals surface area contributed by atoms with Gasteiger partial charge < -0.3 is 0 Å². The molecule has 0 saturated carbocycles. The van der Waals surface area contributed by atoms with Crippen LogP contribution in [-0.4, -0.2) is 16.1 Å². The SMILES string of the molecule is C[Si](C)(C)C#Cc1ccc(/C=C(/C#N)c2ccc3ccc(/C(C#N)=C\c4ccc(C#C[Si](C)(C)C)cc4)cc3c2)cc1. The van der Waals surface area contributed by atoms with Gasteiger partial charge in [0.25, 0.3) is 0 Å². The number of allylic oxidation sites excluding steroid dienone is 2. The molecule has 0 N–H and O–H groups in total. The fraction of sp³-hybridized carbons (Fsp3) is 0.158. The minimum atomic E-state index is -1.44. The van der Waals surface area contributed by atoms with Gasteiger partial charge in [-0.3, -0.25) is 0 Å². The fourth-order valence-corrected chi connectivity index (χ4v) is 5.16. The Morgan fingerprint density at radius 3 is 1.24 bits per heavy atom. The highest BCUT2D eigenvalue weighted by Crippen LogP contribution is 2.27. The Balaban J connectivity index is 1.62. The number of benzene rings is 4. The molecular formula is C38H34N2Si2. The van der Waals surface area contributed by atoms with Gasteiger partial charge in [0, 0.05) is 11.1 Å². The lowest BCUT2D eigenvalue weighted by molar-refractivity contribution is 1.52. The van der Waals surface area contributed by atoms with Gasteiger partial charge in [-0.05, 0) is 81.6 Å². The minimum Gasteiger partial charge on any atom is -0.192 e. The molecule has 4 aromatic carbocycles. The van der Waals surface area contributed by atoms with Crippen molar-refractivity contribution in [1.82, 2.24) is 0 Å². The Morgan fingerprint density at radius 1 is 0.524 bits per heavy atom. The number of rotatable bonds is 4. The average Bonchev–Trinajstić information content (AvgIpc) is 2.96. The van der Waals surface area contributed by atoms with Crippen molar-refractivity contribution in [3.8, 4) is 35.1 Å². The summed E-state index contributed by atoms with van der Waals surface area (Å²) in [6, 6.07) is 32.8. The van der Waals surface area contributed by atoms with Gasteiger partial charge in [0.1, 0.15) is 16.1 Å². The normalized spacial score (nSPS) is 11.9. The maximum Gasteiger partial charge on any atom is 0.129 e. The Morgan fingerprint density at radius 2 is 0.905 bits per heavy atom. The topological polar surface area (TPSA) is 47.6 Å². The van der Waals surface area contributed by atoms with Crippen LogP contribution >= 0.6 is 0 Å². The van der Waals surface area contributed by atoms with Crippen molar-refractivity contribution in [3.63, 3.8) is 0 Å². The van der Waals surface area contributed by atoms with Crippen molar-refractivity contribution < 1.29 is 0 Å². The zero-order valence-corrected chi connectivity index (χ0v) is 27.1. The summed E-state index contributed by atoms with van der Waals surface area (Å²) >= 11 is 0. The molecule has 0 unspecified atom stereocenters. The summed E-state index contributed by atoms with van der Waals surface area (Å²) < 4.78 is 0. The second-order valence-corrected chi connectivity index (χ2v) is 21.9. The van der Waals surface area contributed by atoms with E-state index in [-0.39, 0.29) is 0 Å². The average molecular weight is 575 g/mol. The molecule has 0 atom stereocenters. The van der Waals surface area contributed by atoms with Gasteiger partial charge in [0.05, 0.1) is 23.3 Å². The molecule has 0 heterocycles. The van der Waals surface area contributed by atoms with Crippen LogP contribution in [0.5, 0.6) is 0 Å². The van der Waals surface area contributed by atoms with E-state index in [2.05, 4.69) is 74.3 Å². The number of nitriles is 2. The largest absolute Gasteiger partial charge is 0.192 e. The molecule has 0 aromatic heterocycles. The summed E-state index contributed by atoms with van der Waals surface area (Å²) in [5.41, 5.74) is 13.5. The van der Waals surface area contributed by atoms with Gasteiger partial charge in [-0.2, -0.15) is 10.5 Å². The summed E-state index contributed by atoms with van der Waals surface area (Å²) in [6.45, 7) is 13.4. The van der Waals surface area contributed by atoms with Gasteiger partial charge in [-0.15, -0.1) is 11.1 Å². The number of fused-ring (bicyclic) bond motifs is 1. The molecule has 0 radical (unpaired) electrons. The Labute approximate surface area is 252 Å². The van der Waals surface area contributed by atoms with Crippen LogP contribution in [0.2, 0.25) is 39.3 Å². The van der Waals surface area contributed by atoms with E-state index in [1.807, 2.05) is 97.1 Å². The van der Waals surface area contributed by atoms with Crippen LogP contribution in [-0.2, 0) is 0 Å². The standard InChI is InChI=1S/C38H34N2Si2/c1-41(2,3)21-19-29-7-11-31(12-8-29)23-37(27-39)34-17-15-33-16-18-35(26-36(33)25-34)38(28-40)24-32-13-9-30(10-14-32)20-22-42(4,5)6/h7-18,23-26H,1-6H3/b37-23-,38-24-. The predicted octanol–water partition coefficient (Wildman–Crippen LogP) is 9.43. The molecule has 4 aromatic rings. The number of hydrogen-bond donors (Lipinski definition) is 0. The van der Waals surface area contributed by atoms with Crippen LogP contribution in [0, 0.1) is 45.6 Å². The van der Waals surface area contributed by atoms with Crippen LogP contribution in [0.4, 0.5) is 0 Å². The summed E-state index contributed by atoms with van der Waals surface area (Å²) in [5.74, 6) is 6.54. The van der Waals surface area contributed by atoms with Crippen molar-refractivity contribution in [3.05, 3.63) is 118 Å². The van der Waals surface area contributed by atoms with E-state index < -0.39 is 16.1 Å². The molecule has 0 amide bonds. The van der Waals surface area contributed by atoms with Gasteiger partial charge in [-0.1, -0.05) is 99.7 Å². The number of hydrogen-bond acceptors (Lipinski definition) is 2. The van der Waals surface area contributed by atoms with E-state index in [1.54, 1.807) is 0 Å². The molecule has 0 bridgehead atoms. The third-order valence-electron chi connectivity index (χ3n) is 6.31. The van der Waals surface area contributed by atoms with Gasteiger partial charge in [0.2, 0.25) is 0 Å². The Bertz CT molecular complexity index is 1750. The zero-order valence-electron chi connectivity index (χ0n) is 25.1. The first-order valence-electron chi connectivity index (χ1n) is 14.0. The molecule has 0 saturated heterocycles. The molecule has 0 fully saturated rings. The molecule has 2 nitrogen and oxygen atoms in total. The second kappa shape index (κ2) is 12.8. The van der Waals surface area contributed by atoms with Crippen LogP contribution in [0.3, 0.4) is 0 Å². The first-order valence-corrected chi connectivity index (χ1v) is 21.0. The molecule has 42 heavy (non-hydrogen) atoms. The van der Waals surface area contributed by atoms with E-state index in [0.717, 1.165) is 44.2 Å². The smallest absolute Gasteiger partial charge is 0.129 e.